The normalized spacial score (nSPS) is 12.6. The maximum Gasteiger partial charge on any atom is 0.293 e. The Hall–Kier alpha value is -1.77. The molecule has 72 valence electrons. The van der Waals surface area contributed by atoms with Crippen molar-refractivity contribution in [3.05, 3.63) is 36.0 Å². The van der Waals surface area contributed by atoms with Crippen molar-refractivity contribution in [1.82, 2.24) is 4.98 Å². The van der Waals surface area contributed by atoms with Crippen LogP contribution in [0.4, 0.5) is 0 Å². The minimum Gasteiger partial charge on any atom is -0.460 e. The SMILES string of the molecule is CC(OC=O)c1cccc2cc[nH]c12. The van der Waals surface area contributed by atoms with Crippen molar-refractivity contribution in [3.63, 3.8) is 0 Å². The number of ether oxygens (including phenoxy) is 1. The second-order valence-corrected chi connectivity index (χ2v) is 3.16. The summed E-state index contributed by atoms with van der Waals surface area (Å²) >= 11 is 0. The molecule has 14 heavy (non-hydrogen) atoms. The van der Waals surface area contributed by atoms with Gasteiger partial charge in [0.15, 0.2) is 0 Å². The van der Waals surface area contributed by atoms with Gasteiger partial charge in [0.1, 0.15) is 6.10 Å². The van der Waals surface area contributed by atoms with Gasteiger partial charge in [-0.25, -0.2) is 0 Å². The van der Waals surface area contributed by atoms with Crippen LogP contribution in [-0.2, 0) is 9.53 Å². The van der Waals surface area contributed by atoms with Gasteiger partial charge in [0.25, 0.3) is 6.47 Å². The molecule has 1 N–H and O–H groups in total. The number of carbonyl (C=O) groups is 1. The lowest BCUT2D eigenvalue weighted by atomic mass is 10.1. The number of carbonyl (C=O) groups excluding carboxylic acids is 1. The van der Waals surface area contributed by atoms with E-state index in [1.165, 1.54) is 0 Å². The third-order valence-electron chi connectivity index (χ3n) is 2.32. The quantitative estimate of drug-likeness (QED) is 0.753. The Morgan fingerprint density at radius 1 is 1.43 bits per heavy atom. The fourth-order valence-corrected chi connectivity index (χ4v) is 1.60. The molecule has 0 radical (unpaired) electrons. The second-order valence-electron chi connectivity index (χ2n) is 3.16. The van der Waals surface area contributed by atoms with Crippen LogP contribution in [0.5, 0.6) is 0 Å². The van der Waals surface area contributed by atoms with Gasteiger partial charge in [-0.2, -0.15) is 0 Å². The predicted octanol–water partition coefficient (Wildman–Crippen LogP) is 2.40. The summed E-state index contributed by atoms with van der Waals surface area (Å²) in [5.74, 6) is 0. The lowest BCUT2D eigenvalue weighted by Crippen LogP contribution is -1.98. The first-order chi connectivity index (χ1) is 6.83. The zero-order valence-electron chi connectivity index (χ0n) is 7.86. The van der Waals surface area contributed by atoms with E-state index >= 15 is 0 Å². The molecule has 1 aromatic heterocycles. The van der Waals surface area contributed by atoms with Crippen LogP contribution in [0, 0.1) is 0 Å². The predicted molar refractivity (Wildman–Crippen MR) is 53.9 cm³/mol. The fourth-order valence-electron chi connectivity index (χ4n) is 1.60. The summed E-state index contributed by atoms with van der Waals surface area (Å²) in [6, 6.07) is 7.92. The minimum atomic E-state index is -0.213. The highest BCUT2D eigenvalue weighted by Crippen LogP contribution is 2.24. The van der Waals surface area contributed by atoms with Crippen LogP contribution in [0.25, 0.3) is 10.9 Å². The largest absolute Gasteiger partial charge is 0.460 e. The lowest BCUT2D eigenvalue weighted by Gasteiger charge is -2.10. The molecule has 0 amide bonds. The van der Waals surface area contributed by atoms with Crippen molar-refractivity contribution in [2.45, 2.75) is 13.0 Å². The van der Waals surface area contributed by atoms with Crippen molar-refractivity contribution in [3.8, 4) is 0 Å². The first-order valence-electron chi connectivity index (χ1n) is 4.48. The summed E-state index contributed by atoms with van der Waals surface area (Å²) in [5.41, 5.74) is 2.03. The van der Waals surface area contributed by atoms with Gasteiger partial charge in [-0.05, 0) is 18.4 Å². The second kappa shape index (κ2) is 3.54. The Morgan fingerprint density at radius 3 is 3.07 bits per heavy atom. The van der Waals surface area contributed by atoms with Crippen molar-refractivity contribution < 1.29 is 9.53 Å². The van der Waals surface area contributed by atoms with E-state index in [1.807, 2.05) is 37.4 Å². The third kappa shape index (κ3) is 1.37. The maximum absolute atomic E-state index is 10.2. The number of benzene rings is 1. The Labute approximate surface area is 81.7 Å². The van der Waals surface area contributed by atoms with Crippen LogP contribution in [-0.4, -0.2) is 11.5 Å². The van der Waals surface area contributed by atoms with Gasteiger partial charge in [0, 0.05) is 11.8 Å². The molecule has 3 heteroatoms. The van der Waals surface area contributed by atoms with Gasteiger partial charge in [-0.1, -0.05) is 18.2 Å². The van der Waals surface area contributed by atoms with E-state index in [0.717, 1.165) is 16.5 Å². The number of rotatable bonds is 3. The zero-order chi connectivity index (χ0) is 9.97. The lowest BCUT2D eigenvalue weighted by molar-refractivity contribution is -0.133. The highest BCUT2D eigenvalue weighted by Gasteiger charge is 2.09. The standard InChI is InChI=1S/C11H11NO2/c1-8(14-7-13)10-4-2-3-9-5-6-12-11(9)10/h2-8,12H,1H3. The molecule has 0 spiro atoms. The van der Waals surface area contributed by atoms with Gasteiger partial charge >= 0.3 is 0 Å². The van der Waals surface area contributed by atoms with Crippen LogP contribution >= 0.6 is 0 Å². The summed E-state index contributed by atoms with van der Waals surface area (Å²) in [4.78, 5) is 13.4. The van der Waals surface area contributed by atoms with E-state index in [2.05, 4.69) is 4.98 Å². The van der Waals surface area contributed by atoms with E-state index < -0.39 is 0 Å². The number of fused-ring (bicyclic) bond motifs is 1. The molecule has 1 unspecified atom stereocenters. The smallest absolute Gasteiger partial charge is 0.293 e. The number of aromatic nitrogens is 1. The van der Waals surface area contributed by atoms with Gasteiger partial charge in [-0.3, -0.25) is 4.79 Å². The minimum absolute atomic E-state index is 0.213. The summed E-state index contributed by atoms with van der Waals surface area (Å²) in [6.45, 7) is 2.33. The zero-order valence-corrected chi connectivity index (χ0v) is 7.86. The molecule has 1 aromatic carbocycles. The summed E-state index contributed by atoms with van der Waals surface area (Å²) in [7, 11) is 0. The molecule has 0 aliphatic carbocycles. The Morgan fingerprint density at radius 2 is 2.29 bits per heavy atom. The van der Waals surface area contributed by atoms with Crippen molar-refractivity contribution in [1.29, 1.82) is 0 Å². The van der Waals surface area contributed by atoms with Crippen molar-refractivity contribution in [2.24, 2.45) is 0 Å². The number of nitrogens with one attached hydrogen (secondary N) is 1. The number of aromatic amines is 1. The van der Waals surface area contributed by atoms with Crippen LogP contribution < -0.4 is 0 Å². The van der Waals surface area contributed by atoms with E-state index in [1.54, 1.807) is 0 Å². The van der Waals surface area contributed by atoms with Crippen LogP contribution in [0.3, 0.4) is 0 Å². The molecule has 0 saturated heterocycles. The Bertz CT molecular complexity index is 447. The molecular weight excluding hydrogens is 178 g/mol. The van der Waals surface area contributed by atoms with Gasteiger partial charge in [0.05, 0.1) is 5.52 Å². The molecule has 0 aliphatic rings. The van der Waals surface area contributed by atoms with E-state index in [-0.39, 0.29) is 6.10 Å². The molecule has 1 atom stereocenters. The van der Waals surface area contributed by atoms with Crippen LogP contribution in [0.2, 0.25) is 0 Å². The molecule has 0 saturated carbocycles. The molecule has 0 fully saturated rings. The topological polar surface area (TPSA) is 42.1 Å². The Kier molecular flexibility index (Phi) is 2.23. The first kappa shape index (κ1) is 8.81. The summed E-state index contributed by atoms with van der Waals surface area (Å²) in [5, 5.41) is 1.13. The Balaban J connectivity index is 2.50. The van der Waals surface area contributed by atoms with Crippen molar-refractivity contribution >= 4 is 17.4 Å². The van der Waals surface area contributed by atoms with Gasteiger partial charge < -0.3 is 9.72 Å². The average molecular weight is 189 g/mol. The molecule has 0 aliphatic heterocycles. The molecular formula is C11H11NO2. The third-order valence-corrected chi connectivity index (χ3v) is 2.32. The van der Waals surface area contributed by atoms with E-state index in [4.69, 9.17) is 4.74 Å². The van der Waals surface area contributed by atoms with Gasteiger partial charge in [0.2, 0.25) is 0 Å². The highest BCUT2D eigenvalue weighted by molar-refractivity contribution is 5.82. The van der Waals surface area contributed by atoms with Crippen LogP contribution in [0.1, 0.15) is 18.6 Å². The molecule has 2 rings (SSSR count). The number of H-pyrrole nitrogens is 1. The average Bonchev–Trinajstić information content (AvgIpc) is 2.65. The maximum atomic E-state index is 10.2. The van der Waals surface area contributed by atoms with E-state index in [9.17, 15) is 4.79 Å². The monoisotopic (exact) mass is 189 g/mol. The van der Waals surface area contributed by atoms with Crippen molar-refractivity contribution in [2.75, 3.05) is 0 Å². The number of para-hydroxylation sites is 1. The van der Waals surface area contributed by atoms with E-state index in [0.29, 0.717) is 6.47 Å². The fraction of sp³-hybridized carbons (Fsp3) is 0.182. The summed E-state index contributed by atoms with van der Waals surface area (Å²) < 4.78 is 4.90. The molecule has 2 aromatic rings. The molecule has 3 nitrogen and oxygen atoms in total. The first-order valence-corrected chi connectivity index (χ1v) is 4.48. The highest BCUT2D eigenvalue weighted by atomic mass is 16.5. The number of hydrogen-bond donors (Lipinski definition) is 1. The van der Waals surface area contributed by atoms with Crippen LogP contribution in [0.15, 0.2) is 30.5 Å². The molecule has 0 bridgehead atoms. The van der Waals surface area contributed by atoms with Gasteiger partial charge in [-0.15, -0.1) is 0 Å². The molecule has 1 heterocycles. The number of hydrogen-bond acceptors (Lipinski definition) is 2. The summed E-state index contributed by atoms with van der Waals surface area (Å²) in [6.07, 6.45) is 1.66.